The van der Waals surface area contributed by atoms with Gasteiger partial charge in [0.05, 0.1) is 13.2 Å². The minimum absolute atomic E-state index is 0.229. The van der Waals surface area contributed by atoms with Gasteiger partial charge in [-0.3, -0.25) is 9.59 Å². The van der Waals surface area contributed by atoms with Crippen molar-refractivity contribution in [2.75, 3.05) is 19.8 Å². The Hall–Kier alpha value is -1.30. The summed E-state index contributed by atoms with van der Waals surface area (Å²) in [6, 6.07) is 0. The van der Waals surface area contributed by atoms with Gasteiger partial charge in [0.1, 0.15) is 31.0 Å². The molecule has 6 unspecified atom stereocenters. The van der Waals surface area contributed by atoms with E-state index in [1.54, 1.807) is 0 Å². The molecule has 0 saturated carbocycles. The molecule has 33 heavy (non-hydrogen) atoms. The molecule has 6 atom stereocenters. The topological polar surface area (TPSA) is 152 Å². The smallest absolute Gasteiger partial charge is 0.306 e. The van der Waals surface area contributed by atoms with E-state index in [0.717, 1.165) is 19.3 Å². The quantitative estimate of drug-likeness (QED) is 0.177. The zero-order valence-corrected chi connectivity index (χ0v) is 19.9. The molecule has 1 heterocycles. The van der Waals surface area contributed by atoms with Crippen molar-refractivity contribution >= 4 is 11.9 Å². The van der Waals surface area contributed by atoms with Gasteiger partial charge >= 0.3 is 11.9 Å². The van der Waals surface area contributed by atoms with E-state index in [9.17, 15) is 30.0 Å². The predicted octanol–water partition coefficient (Wildman–Crippen LogP) is 1.20. The van der Waals surface area contributed by atoms with Gasteiger partial charge in [0, 0.05) is 13.3 Å². The highest BCUT2D eigenvalue weighted by Crippen LogP contribution is 2.22. The lowest BCUT2D eigenvalue weighted by molar-refractivity contribution is -0.305. The molecular weight excluding hydrogens is 436 g/mol. The van der Waals surface area contributed by atoms with Crippen LogP contribution in [0.5, 0.6) is 0 Å². The lowest BCUT2D eigenvalue weighted by Gasteiger charge is -2.39. The maximum Gasteiger partial charge on any atom is 0.306 e. The van der Waals surface area contributed by atoms with Crippen molar-refractivity contribution in [2.45, 2.75) is 115 Å². The summed E-state index contributed by atoms with van der Waals surface area (Å²) in [4.78, 5) is 23.4. The Bertz CT molecular complexity index is 541. The fourth-order valence-corrected chi connectivity index (χ4v) is 3.56. The van der Waals surface area contributed by atoms with Crippen LogP contribution in [0.3, 0.4) is 0 Å². The van der Waals surface area contributed by atoms with Crippen LogP contribution in [-0.2, 0) is 28.5 Å². The van der Waals surface area contributed by atoms with Crippen molar-refractivity contribution in [1.82, 2.24) is 0 Å². The number of rotatable bonds is 17. The first kappa shape index (κ1) is 29.7. The van der Waals surface area contributed by atoms with Gasteiger partial charge in [0.15, 0.2) is 12.4 Å². The maximum atomic E-state index is 12.2. The highest BCUT2D eigenvalue weighted by atomic mass is 16.7. The minimum Gasteiger partial charge on any atom is -0.462 e. The van der Waals surface area contributed by atoms with Crippen molar-refractivity contribution in [3.05, 3.63) is 0 Å². The molecule has 1 fully saturated rings. The second-order valence-electron chi connectivity index (χ2n) is 8.52. The molecule has 0 aromatic heterocycles. The summed E-state index contributed by atoms with van der Waals surface area (Å²) in [6.45, 7) is 2.31. The van der Waals surface area contributed by atoms with E-state index in [1.165, 1.54) is 39.0 Å². The molecular formula is C23H42O10. The molecule has 1 saturated heterocycles. The predicted molar refractivity (Wildman–Crippen MR) is 118 cm³/mol. The number of hydrogen-bond acceptors (Lipinski definition) is 10. The molecule has 1 rings (SSSR count). The second kappa shape index (κ2) is 17.2. The van der Waals surface area contributed by atoms with Crippen molar-refractivity contribution in [3.8, 4) is 0 Å². The Morgan fingerprint density at radius 3 is 2.06 bits per heavy atom. The molecule has 10 heteroatoms. The van der Waals surface area contributed by atoms with Crippen LogP contribution in [0.15, 0.2) is 0 Å². The highest BCUT2D eigenvalue weighted by Gasteiger charge is 2.44. The zero-order chi connectivity index (χ0) is 24.6. The van der Waals surface area contributed by atoms with Gasteiger partial charge in [-0.15, -0.1) is 0 Å². The van der Waals surface area contributed by atoms with Gasteiger partial charge in [-0.2, -0.15) is 0 Å². The van der Waals surface area contributed by atoms with E-state index in [0.29, 0.717) is 6.42 Å². The van der Waals surface area contributed by atoms with E-state index in [2.05, 4.69) is 6.92 Å². The minimum atomic E-state index is -1.58. The number of ether oxygens (including phenoxy) is 4. The van der Waals surface area contributed by atoms with Crippen LogP contribution in [0.2, 0.25) is 0 Å². The van der Waals surface area contributed by atoms with Gasteiger partial charge in [0.2, 0.25) is 0 Å². The van der Waals surface area contributed by atoms with Gasteiger partial charge in [-0.05, 0) is 6.42 Å². The first-order valence-electron chi connectivity index (χ1n) is 12.0. The number of esters is 2. The monoisotopic (exact) mass is 478 g/mol. The SMILES string of the molecule is CCCCCCCCCCCC(=O)OC(COC(C)=O)COC1OC(CO)C(O)C(O)C1O. The molecule has 0 bridgehead atoms. The number of unbranched alkanes of at least 4 members (excludes halogenated alkanes) is 8. The first-order chi connectivity index (χ1) is 15.8. The molecule has 1 aliphatic heterocycles. The Morgan fingerprint density at radius 2 is 1.48 bits per heavy atom. The Labute approximate surface area is 196 Å². The van der Waals surface area contributed by atoms with Crippen LogP contribution in [0, 0.1) is 0 Å². The first-order valence-corrected chi connectivity index (χ1v) is 12.0. The molecule has 0 amide bonds. The van der Waals surface area contributed by atoms with E-state index >= 15 is 0 Å². The molecule has 194 valence electrons. The second-order valence-corrected chi connectivity index (χ2v) is 8.52. The van der Waals surface area contributed by atoms with Gasteiger partial charge in [0.25, 0.3) is 0 Å². The number of carbonyl (C=O) groups excluding carboxylic acids is 2. The molecule has 0 radical (unpaired) electrons. The summed E-state index contributed by atoms with van der Waals surface area (Å²) in [5.41, 5.74) is 0. The Balaban J connectivity index is 2.39. The van der Waals surface area contributed by atoms with Crippen molar-refractivity contribution in [2.24, 2.45) is 0 Å². The number of aliphatic hydroxyl groups is 4. The fraction of sp³-hybridized carbons (Fsp3) is 0.913. The van der Waals surface area contributed by atoms with E-state index < -0.39 is 55.4 Å². The Morgan fingerprint density at radius 1 is 0.879 bits per heavy atom. The normalized spacial score (nSPS) is 26.1. The average Bonchev–Trinajstić information content (AvgIpc) is 2.79. The standard InChI is InChI=1S/C23H42O10/c1-3-4-5-6-7-8-9-10-11-12-19(26)32-17(14-30-16(2)25)15-31-23-22(29)21(28)20(27)18(13-24)33-23/h17-18,20-24,27-29H,3-15H2,1-2H3. The molecule has 0 aromatic rings. The summed E-state index contributed by atoms with van der Waals surface area (Å²) in [7, 11) is 0. The molecule has 10 nitrogen and oxygen atoms in total. The molecule has 4 N–H and O–H groups in total. The van der Waals surface area contributed by atoms with Crippen LogP contribution < -0.4 is 0 Å². The number of hydrogen-bond donors (Lipinski definition) is 4. The van der Waals surface area contributed by atoms with Crippen LogP contribution in [0.4, 0.5) is 0 Å². The van der Waals surface area contributed by atoms with Crippen LogP contribution in [-0.4, -0.2) is 89.0 Å². The number of carbonyl (C=O) groups is 2. The summed E-state index contributed by atoms with van der Waals surface area (Å²) >= 11 is 0. The molecule has 0 aliphatic carbocycles. The van der Waals surface area contributed by atoms with Crippen LogP contribution in [0.1, 0.15) is 78.1 Å². The lowest BCUT2D eigenvalue weighted by Crippen LogP contribution is -2.59. The fourth-order valence-electron chi connectivity index (χ4n) is 3.56. The van der Waals surface area contributed by atoms with Crippen molar-refractivity contribution < 1.29 is 49.0 Å². The van der Waals surface area contributed by atoms with E-state index in [1.807, 2.05) is 0 Å². The number of aliphatic hydroxyl groups excluding tert-OH is 4. The van der Waals surface area contributed by atoms with Gasteiger partial charge < -0.3 is 39.4 Å². The van der Waals surface area contributed by atoms with Crippen molar-refractivity contribution in [1.29, 1.82) is 0 Å². The molecule has 1 aliphatic rings. The highest BCUT2D eigenvalue weighted by molar-refractivity contribution is 5.69. The van der Waals surface area contributed by atoms with Gasteiger partial charge in [-0.25, -0.2) is 0 Å². The maximum absolute atomic E-state index is 12.2. The van der Waals surface area contributed by atoms with Crippen LogP contribution in [0.25, 0.3) is 0 Å². The third-order valence-electron chi connectivity index (χ3n) is 5.55. The largest absolute Gasteiger partial charge is 0.462 e. The summed E-state index contributed by atoms with van der Waals surface area (Å²) in [5.74, 6) is -1.00. The van der Waals surface area contributed by atoms with E-state index in [-0.39, 0.29) is 19.6 Å². The average molecular weight is 479 g/mol. The lowest BCUT2D eigenvalue weighted by atomic mass is 9.99. The summed E-state index contributed by atoms with van der Waals surface area (Å²) in [6.07, 6.45) is 2.24. The summed E-state index contributed by atoms with van der Waals surface area (Å²) < 4.78 is 21.0. The zero-order valence-electron chi connectivity index (χ0n) is 19.9. The summed E-state index contributed by atoms with van der Waals surface area (Å²) in [5, 5.41) is 39.0. The van der Waals surface area contributed by atoms with E-state index in [4.69, 9.17) is 18.9 Å². The van der Waals surface area contributed by atoms with Crippen molar-refractivity contribution in [3.63, 3.8) is 0 Å². The van der Waals surface area contributed by atoms with Gasteiger partial charge in [-0.1, -0.05) is 58.3 Å². The van der Waals surface area contributed by atoms with Crippen LogP contribution >= 0.6 is 0 Å². The molecule has 0 spiro atoms. The molecule has 0 aromatic carbocycles. The third kappa shape index (κ3) is 12.1. The third-order valence-corrected chi connectivity index (χ3v) is 5.55. The Kier molecular flexibility index (Phi) is 15.5.